The molecule has 0 fully saturated rings. The van der Waals surface area contributed by atoms with Gasteiger partial charge in [0.25, 0.3) is 0 Å². The van der Waals surface area contributed by atoms with E-state index < -0.39 is 0 Å². The second-order valence-electron chi connectivity index (χ2n) is 3.58. The van der Waals surface area contributed by atoms with Crippen LogP contribution >= 0.6 is 11.8 Å². The maximum Gasteiger partial charge on any atom is 0.138 e. The van der Waals surface area contributed by atoms with Crippen molar-refractivity contribution in [3.05, 3.63) is 54.1 Å². The average molecular weight is 225 g/mol. The van der Waals surface area contributed by atoms with Gasteiger partial charge in [-0.05, 0) is 41.9 Å². The van der Waals surface area contributed by atoms with Crippen molar-refractivity contribution in [1.29, 1.82) is 5.26 Å². The second-order valence-corrected chi connectivity index (χ2v) is 4.44. The van der Waals surface area contributed by atoms with Gasteiger partial charge in [-0.25, -0.2) is 0 Å². The van der Waals surface area contributed by atoms with Crippen LogP contribution < -0.4 is 0 Å². The molecule has 0 saturated carbocycles. The number of hydrogen-bond acceptors (Lipinski definition) is 2. The minimum Gasteiger partial charge on any atom is -0.185 e. The van der Waals surface area contributed by atoms with E-state index in [4.69, 9.17) is 5.26 Å². The van der Waals surface area contributed by atoms with Gasteiger partial charge in [0.15, 0.2) is 0 Å². The van der Waals surface area contributed by atoms with Gasteiger partial charge in [0.2, 0.25) is 0 Å². The first-order valence-electron chi connectivity index (χ1n) is 5.02. The van der Waals surface area contributed by atoms with Crippen molar-refractivity contribution in [3.63, 3.8) is 0 Å². The number of nitrogens with zero attached hydrogens (tertiary/aromatic N) is 1. The van der Waals surface area contributed by atoms with Crippen LogP contribution in [-0.4, -0.2) is 0 Å². The molecule has 0 aromatic heterocycles. The number of thiocyanates is 1. The Bertz CT molecular complexity index is 506. The number of aryl methyl sites for hydroxylation is 1. The van der Waals surface area contributed by atoms with Crippen molar-refractivity contribution in [3.8, 4) is 16.5 Å². The molecule has 2 aromatic carbocycles. The predicted molar refractivity (Wildman–Crippen MR) is 68.1 cm³/mol. The Balaban J connectivity index is 2.28. The zero-order valence-corrected chi connectivity index (χ0v) is 9.79. The first-order chi connectivity index (χ1) is 7.79. The fourth-order valence-electron chi connectivity index (χ4n) is 1.51. The van der Waals surface area contributed by atoms with E-state index in [1.165, 1.54) is 28.5 Å². The lowest BCUT2D eigenvalue weighted by molar-refractivity contribution is 1.44. The Labute approximate surface area is 99.7 Å². The molecule has 16 heavy (non-hydrogen) atoms. The molecule has 0 saturated heterocycles. The molecular formula is C14H11NS. The highest BCUT2D eigenvalue weighted by Crippen LogP contribution is 2.23. The van der Waals surface area contributed by atoms with Crippen molar-refractivity contribution in [2.24, 2.45) is 0 Å². The number of hydrogen-bond donors (Lipinski definition) is 0. The highest BCUT2D eigenvalue weighted by atomic mass is 32.2. The van der Waals surface area contributed by atoms with Crippen LogP contribution in [0.3, 0.4) is 0 Å². The largest absolute Gasteiger partial charge is 0.185 e. The molecule has 0 amide bonds. The molecule has 0 atom stereocenters. The lowest BCUT2D eigenvalue weighted by atomic mass is 10.0. The standard InChI is InChI=1S/C14H11NS/c1-11-2-4-12(5-3-11)13-6-8-14(9-7-13)16-10-15/h2-9H,1H3. The Kier molecular flexibility index (Phi) is 3.28. The molecule has 0 aliphatic rings. The summed E-state index contributed by atoms with van der Waals surface area (Å²) in [5.41, 5.74) is 3.65. The predicted octanol–water partition coefficient (Wildman–Crippen LogP) is 4.24. The highest BCUT2D eigenvalue weighted by Gasteiger charge is 1.97. The van der Waals surface area contributed by atoms with Crippen LogP contribution in [0, 0.1) is 17.6 Å². The van der Waals surface area contributed by atoms with E-state index in [0.717, 1.165) is 4.90 Å². The zero-order chi connectivity index (χ0) is 11.4. The SMILES string of the molecule is Cc1ccc(-c2ccc(SC#N)cc2)cc1. The van der Waals surface area contributed by atoms with Crippen molar-refractivity contribution in [1.82, 2.24) is 0 Å². The smallest absolute Gasteiger partial charge is 0.138 e. The maximum absolute atomic E-state index is 8.55. The van der Waals surface area contributed by atoms with E-state index in [9.17, 15) is 0 Å². The van der Waals surface area contributed by atoms with Crippen LogP contribution in [-0.2, 0) is 0 Å². The summed E-state index contributed by atoms with van der Waals surface area (Å²) in [4.78, 5) is 0.985. The highest BCUT2D eigenvalue weighted by molar-refractivity contribution is 8.03. The molecule has 1 nitrogen and oxygen atoms in total. The quantitative estimate of drug-likeness (QED) is 0.564. The maximum atomic E-state index is 8.55. The zero-order valence-electron chi connectivity index (χ0n) is 8.97. The van der Waals surface area contributed by atoms with E-state index in [-0.39, 0.29) is 0 Å². The molecule has 0 heterocycles. The van der Waals surface area contributed by atoms with Gasteiger partial charge >= 0.3 is 0 Å². The molecule has 78 valence electrons. The van der Waals surface area contributed by atoms with Gasteiger partial charge in [-0.15, -0.1) is 0 Å². The first-order valence-corrected chi connectivity index (χ1v) is 5.84. The van der Waals surface area contributed by atoms with E-state index in [1.807, 2.05) is 24.3 Å². The number of nitriles is 1. The Morgan fingerprint density at radius 3 is 1.88 bits per heavy atom. The summed E-state index contributed by atoms with van der Waals surface area (Å²) >= 11 is 1.19. The van der Waals surface area contributed by atoms with Gasteiger partial charge in [0.1, 0.15) is 5.40 Å². The summed E-state index contributed by atoms with van der Waals surface area (Å²) in [6.07, 6.45) is 0. The summed E-state index contributed by atoms with van der Waals surface area (Å²) in [6, 6.07) is 16.5. The van der Waals surface area contributed by atoms with Gasteiger partial charge in [-0.1, -0.05) is 42.0 Å². The molecule has 0 radical (unpaired) electrons. The van der Waals surface area contributed by atoms with Crippen molar-refractivity contribution < 1.29 is 0 Å². The summed E-state index contributed by atoms with van der Waals surface area (Å²) < 4.78 is 0. The molecule has 0 aliphatic carbocycles. The van der Waals surface area contributed by atoms with Gasteiger partial charge in [-0.3, -0.25) is 0 Å². The van der Waals surface area contributed by atoms with Crippen LogP contribution in [0.25, 0.3) is 11.1 Å². The summed E-state index contributed by atoms with van der Waals surface area (Å²) in [7, 11) is 0. The third-order valence-corrected chi connectivity index (χ3v) is 3.00. The summed E-state index contributed by atoms with van der Waals surface area (Å²) in [5.74, 6) is 0. The Hall–Kier alpha value is -1.72. The van der Waals surface area contributed by atoms with Crippen molar-refractivity contribution >= 4 is 11.8 Å². The van der Waals surface area contributed by atoms with Crippen molar-refractivity contribution in [2.75, 3.05) is 0 Å². The van der Waals surface area contributed by atoms with Crippen LogP contribution in [0.1, 0.15) is 5.56 Å². The van der Waals surface area contributed by atoms with E-state index in [2.05, 4.69) is 36.6 Å². The Morgan fingerprint density at radius 2 is 1.38 bits per heavy atom. The lowest BCUT2D eigenvalue weighted by Gasteiger charge is -2.02. The molecule has 0 aliphatic heterocycles. The normalized spacial score (nSPS) is 9.75. The topological polar surface area (TPSA) is 23.8 Å². The second kappa shape index (κ2) is 4.87. The van der Waals surface area contributed by atoms with Gasteiger partial charge in [-0.2, -0.15) is 5.26 Å². The van der Waals surface area contributed by atoms with Gasteiger partial charge < -0.3 is 0 Å². The minimum absolute atomic E-state index is 0.985. The molecule has 2 heteroatoms. The van der Waals surface area contributed by atoms with Gasteiger partial charge in [0.05, 0.1) is 0 Å². The number of rotatable bonds is 2. The molecule has 2 aromatic rings. The molecule has 2 rings (SSSR count). The molecule has 0 bridgehead atoms. The van der Waals surface area contributed by atoms with Crippen LogP contribution in [0.2, 0.25) is 0 Å². The fourth-order valence-corrected chi connectivity index (χ4v) is 1.89. The fraction of sp³-hybridized carbons (Fsp3) is 0.0714. The van der Waals surface area contributed by atoms with Crippen LogP contribution in [0.5, 0.6) is 0 Å². The Morgan fingerprint density at radius 1 is 0.875 bits per heavy atom. The average Bonchev–Trinajstić information content (AvgIpc) is 2.32. The van der Waals surface area contributed by atoms with Gasteiger partial charge in [0, 0.05) is 4.90 Å². The first kappa shape index (κ1) is 10.8. The number of benzene rings is 2. The third kappa shape index (κ3) is 2.44. The molecule has 0 N–H and O–H groups in total. The summed E-state index contributed by atoms with van der Waals surface area (Å²) in [6.45, 7) is 2.08. The van der Waals surface area contributed by atoms with Crippen LogP contribution in [0.15, 0.2) is 53.4 Å². The molecule has 0 unspecified atom stereocenters. The van der Waals surface area contributed by atoms with Crippen LogP contribution in [0.4, 0.5) is 0 Å². The molecular weight excluding hydrogens is 214 g/mol. The summed E-state index contributed by atoms with van der Waals surface area (Å²) in [5, 5.41) is 10.6. The van der Waals surface area contributed by atoms with E-state index in [1.54, 1.807) is 0 Å². The van der Waals surface area contributed by atoms with Crippen molar-refractivity contribution in [2.45, 2.75) is 11.8 Å². The lowest BCUT2D eigenvalue weighted by Crippen LogP contribution is -1.78. The third-order valence-electron chi connectivity index (χ3n) is 2.40. The monoisotopic (exact) mass is 225 g/mol. The molecule has 0 spiro atoms. The minimum atomic E-state index is 0.985. The van der Waals surface area contributed by atoms with E-state index in [0.29, 0.717) is 0 Å². The number of thioether (sulfide) groups is 1. The van der Waals surface area contributed by atoms with E-state index >= 15 is 0 Å².